The van der Waals surface area contributed by atoms with Crippen molar-refractivity contribution < 1.29 is 0 Å². The number of nitrogens with zero attached hydrogens (tertiary/aromatic N) is 1. The number of aryl methyl sites for hydroxylation is 1. The van der Waals surface area contributed by atoms with Crippen molar-refractivity contribution in [2.75, 3.05) is 0 Å². The van der Waals surface area contributed by atoms with E-state index in [0.29, 0.717) is 5.71 Å². The van der Waals surface area contributed by atoms with Crippen LogP contribution in [0.5, 0.6) is 0 Å². The molecule has 3 aromatic carbocycles. The number of pyridine rings is 1. The van der Waals surface area contributed by atoms with Crippen molar-refractivity contribution in [2.24, 2.45) is 0 Å². The second-order valence-electron chi connectivity index (χ2n) is 6.67. The molecule has 0 amide bonds. The van der Waals surface area contributed by atoms with Crippen molar-refractivity contribution in [2.45, 2.75) is 6.92 Å². The summed E-state index contributed by atoms with van der Waals surface area (Å²) < 4.78 is 1.06. The van der Waals surface area contributed by atoms with Gasteiger partial charge >= 0.3 is 0 Å². The molecule has 0 spiro atoms. The maximum Gasteiger partial charge on any atom is 0.0744 e. The second kappa shape index (κ2) is 7.91. The van der Waals surface area contributed by atoms with Gasteiger partial charge in [0.25, 0.3) is 0 Å². The first kappa shape index (κ1) is 18.3. The topological polar surface area (TPSA) is 36.7 Å². The molecule has 0 saturated carbocycles. The molecule has 4 rings (SSSR count). The Morgan fingerprint density at radius 1 is 0.893 bits per heavy atom. The number of aromatic nitrogens is 1. The van der Waals surface area contributed by atoms with Crippen LogP contribution in [0.1, 0.15) is 16.7 Å². The lowest BCUT2D eigenvalue weighted by Gasteiger charge is -2.08. The first-order valence-electron chi connectivity index (χ1n) is 9.10. The SMILES string of the molecule is Cc1c(/C=C\C(=N)c2ccccc2)ccc2ccc(-c3ccc(Br)cc3)nc12. The summed E-state index contributed by atoms with van der Waals surface area (Å²) in [5, 5.41) is 9.39. The third-order valence-corrected chi connectivity index (χ3v) is 5.34. The quantitative estimate of drug-likeness (QED) is 0.348. The Morgan fingerprint density at radius 2 is 1.61 bits per heavy atom. The van der Waals surface area contributed by atoms with Crippen LogP contribution < -0.4 is 0 Å². The Hall–Kier alpha value is -3.04. The van der Waals surface area contributed by atoms with Crippen LogP contribution in [0.3, 0.4) is 0 Å². The van der Waals surface area contributed by atoms with Crippen LogP contribution in [0.4, 0.5) is 0 Å². The van der Waals surface area contributed by atoms with Crippen molar-refractivity contribution in [3.05, 3.63) is 106 Å². The number of halogens is 1. The fraction of sp³-hybridized carbons (Fsp3) is 0.0400. The molecule has 3 heteroatoms. The van der Waals surface area contributed by atoms with Crippen molar-refractivity contribution in [3.63, 3.8) is 0 Å². The highest BCUT2D eigenvalue weighted by Crippen LogP contribution is 2.26. The Balaban J connectivity index is 1.70. The van der Waals surface area contributed by atoms with E-state index in [0.717, 1.165) is 43.3 Å². The van der Waals surface area contributed by atoms with Gasteiger partial charge in [-0.05, 0) is 47.9 Å². The lowest BCUT2D eigenvalue weighted by Crippen LogP contribution is -1.94. The first-order chi connectivity index (χ1) is 13.6. The molecule has 136 valence electrons. The molecule has 0 aliphatic carbocycles. The lowest BCUT2D eigenvalue weighted by molar-refractivity contribution is 1.35. The molecule has 0 saturated heterocycles. The number of benzene rings is 3. The van der Waals surface area contributed by atoms with Crippen LogP contribution in [0, 0.1) is 12.3 Å². The maximum atomic E-state index is 8.27. The van der Waals surface area contributed by atoms with Crippen LogP contribution in [0.25, 0.3) is 28.2 Å². The molecule has 1 aromatic heterocycles. The average molecular weight is 427 g/mol. The fourth-order valence-corrected chi connectivity index (χ4v) is 3.46. The summed E-state index contributed by atoms with van der Waals surface area (Å²) in [5.41, 5.74) is 6.65. The van der Waals surface area contributed by atoms with E-state index in [1.165, 1.54) is 0 Å². The molecule has 0 aliphatic rings. The first-order valence-corrected chi connectivity index (χ1v) is 9.89. The summed E-state index contributed by atoms with van der Waals surface area (Å²) in [6.07, 6.45) is 3.85. The summed E-state index contributed by atoms with van der Waals surface area (Å²) in [6, 6.07) is 26.3. The number of rotatable bonds is 4. The highest BCUT2D eigenvalue weighted by Gasteiger charge is 2.07. The minimum atomic E-state index is 0.497. The van der Waals surface area contributed by atoms with E-state index in [9.17, 15) is 0 Å². The molecule has 2 nitrogen and oxygen atoms in total. The molecule has 0 fully saturated rings. The Kier molecular flexibility index (Phi) is 5.18. The third kappa shape index (κ3) is 3.80. The third-order valence-electron chi connectivity index (χ3n) is 4.81. The van der Waals surface area contributed by atoms with E-state index in [4.69, 9.17) is 10.4 Å². The van der Waals surface area contributed by atoms with Gasteiger partial charge in [-0.1, -0.05) is 82.7 Å². The van der Waals surface area contributed by atoms with E-state index < -0.39 is 0 Å². The second-order valence-corrected chi connectivity index (χ2v) is 7.58. The zero-order valence-corrected chi connectivity index (χ0v) is 17.1. The molecule has 0 atom stereocenters. The summed E-state index contributed by atoms with van der Waals surface area (Å²) >= 11 is 3.48. The van der Waals surface area contributed by atoms with Crippen LogP contribution in [-0.4, -0.2) is 10.7 Å². The van der Waals surface area contributed by atoms with E-state index in [2.05, 4.69) is 59.3 Å². The van der Waals surface area contributed by atoms with Crippen LogP contribution >= 0.6 is 15.9 Å². The zero-order chi connectivity index (χ0) is 19.5. The molecule has 28 heavy (non-hydrogen) atoms. The van der Waals surface area contributed by atoms with Gasteiger partial charge in [0.15, 0.2) is 0 Å². The van der Waals surface area contributed by atoms with Gasteiger partial charge in [0.1, 0.15) is 0 Å². The van der Waals surface area contributed by atoms with E-state index in [1.807, 2.05) is 54.6 Å². The maximum absolute atomic E-state index is 8.27. The van der Waals surface area contributed by atoms with Crippen LogP contribution in [0.15, 0.2) is 89.4 Å². The molecule has 4 aromatic rings. The van der Waals surface area contributed by atoms with Gasteiger partial charge in [0.2, 0.25) is 0 Å². The fourth-order valence-electron chi connectivity index (χ4n) is 3.20. The van der Waals surface area contributed by atoms with Crippen molar-refractivity contribution in [1.82, 2.24) is 4.98 Å². The standard InChI is InChI=1S/C25H19BrN2/c1-17-18(11-15-23(27)19-5-3-2-4-6-19)7-8-21-12-16-24(28-25(17)21)20-9-13-22(26)14-10-20/h2-16,27H,1H3/b15-11-,27-23?. The van der Waals surface area contributed by atoms with Gasteiger partial charge in [-0.25, -0.2) is 4.98 Å². The zero-order valence-electron chi connectivity index (χ0n) is 15.5. The summed E-state index contributed by atoms with van der Waals surface area (Å²) in [4.78, 5) is 4.92. The molecule has 0 aliphatic heterocycles. The number of hydrogen-bond acceptors (Lipinski definition) is 2. The highest BCUT2D eigenvalue weighted by atomic mass is 79.9. The lowest BCUT2D eigenvalue weighted by atomic mass is 10.0. The van der Waals surface area contributed by atoms with Gasteiger partial charge in [-0.15, -0.1) is 0 Å². The van der Waals surface area contributed by atoms with Gasteiger partial charge in [-0.3, -0.25) is 0 Å². The highest BCUT2D eigenvalue weighted by molar-refractivity contribution is 9.10. The smallest absolute Gasteiger partial charge is 0.0744 e. The van der Waals surface area contributed by atoms with Gasteiger partial charge in [0, 0.05) is 15.4 Å². The molecule has 1 N–H and O–H groups in total. The molecule has 0 bridgehead atoms. The van der Waals surface area contributed by atoms with E-state index >= 15 is 0 Å². The molecule has 1 heterocycles. The number of hydrogen-bond donors (Lipinski definition) is 1. The minimum absolute atomic E-state index is 0.497. The molecule has 0 radical (unpaired) electrons. The predicted molar refractivity (Wildman–Crippen MR) is 122 cm³/mol. The average Bonchev–Trinajstić information content (AvgIpc) is 2.74. The Bertz CT molecular complexity index is 1180. The van der Waals surface area contributed by atoms with Crippen LogP contribution in [-0.2, 0) is 0 Å². The Morgan fingerprint density at radius 3 is 2.36 bits per heavy atom. The van der Waals surface area contributed by atoms with E-state index in [1.54, 1.807) is 0 Å². The van der Waals surface area contributed by atoms with E-state index in [-0.39, 0.29) is 0 Å². The van der Waals surface area contributed by atoms with Crippen molar-refractivity contribution >= 4 is 38.6 Å². The number of allylic oxidation sites excluding steroid dienone is 1. The predicted octanol–water partition coefficient (Wildman–Crippen LogP) is 7.05. The van der Waals surface area contributed by atoms with Gasteiger partial charge in [-0.2, -0.15) is 0 Å². The number of fused-ring (bicyclic) bond motifs is 1. The molecular weight excluding hydrogens is 408 g/mol. The normalized spacial score (nSPS) is 11.2. The summed E-state index contributed by atoms with van der Waals surface area (Å²) in [5.74, 6) is 0. The number of nitrogens with one attached hydrogen (secondary N) is 1. The van der Waals surface area contributed by atoms with Gasteiger partial charge < -0.3 is 5.41 Å². The molecule has 0 unspecified atom stereocenters. The summed E-state index contributed by atoms with van der Waals surface area (Å²) in [6.45, 7) is 2.09. The van der Waals surface area contributed by atoms with Gasteiger partial charge in [0.05, 0.1) is 16.9 Å². The van der Waals surface area contributed by atoms with Crippen molar-refractivity contribution in [3.8, 4) is 11.3 Å². The largest absolute Gasteiger partial charge is 0.300 e. The molecular formula is C25H19BrN2. The minimum Gasteiger partial charge on any atom is -0.300 e. The van der Waals surface area contributed by atoms with Crippen molar-refractivity contribution in [1.29, 1.82) is 5.41 Å². The Labute approximate surface area is 173 Å². The van der Waals surface area contributed by atoms with Crippen LogP contribution in [0.2, 0.25) is 0 Å². The monoisotopic (exact) mass is 426 g/mol. The summed E-state index contributed by atoms with van der Waals surface area (Å²) in [7, 11) is 0.